The van der Waals surface area contributed by atoms with E-state index in [2.05, 4.69) is 15.4 Å². The number of hydrogen-bond donors (Lipinski definition) is 1. The lowest BCUT2D eigenvalue weighted by Crippen LogP contribution is -2.15. The largest absolute Gasteiger partial charge is 0.462 e. The highest BCUT2D eigenvalue weighted by Crippen LogP contribution is 2.11. The van der Waals surface area contributed by atoms with Gasteiger partial charge in [-0.1, -0.05) is 0 Å². The Morgan fingerprint density at radius 3 is 2.67 bits per heavy atom. The molecule has 0 atom stereocenters. The lowest BCUT2D eigenvalue weighted by Gasteiger charge is -2.06. The van der Waals surface area contributed by atoms with E-state index in [1.165, 1.54) is 6.33 Å². The molecule has 0 saturated heterocycles. The van der Waals surface area contributed by atoms with Crippen molar-refractivity contribution >= 4 is 17.6 Å². The summed E-state index contributed by atoms with van der Waals surface area (Å²) in [5.41, 5.74) is 1.09. The Morgan fingerprint density at radius 2 is 2.05 bits per heavy atom. The van der Waals surface area contributed by atoms with Crippen LogP contribution in [0.15, 0.2) is 36.9 Å². The minimum atomic E-state index is -0.374. The molecule has 21 heavy (non-hydrogen) atoms. The topological polar surface area (TPSA) is 86.1 Å². The van der Waals surface area contributed by atoms with Gasteiger partial charge in [0.05, 0.1) is 18.7 Å². The monoisotopic (exact) mass is 288 g/mol. The van der Waals surface area contributed by atoms with E-state index in [1.54, 1.807) is 42.2 Å². The van der Waals surface area contributed by atoms with Crippen LogP contribution in [0.3, 0.4) is 0 Å². The van der Waals surface area contributed by atoms with Crippen LogP contribution in [0.25, 0.3) is 0 Å². The van der Waals surface area contributed by atoms with Gasteiger partial charge in [-0.05, 0) is 31.2 Å². The third kappa shape index (κ3) is 4.41. The minimum Gasteiger partial charge on any atom is -0.462 e. The number of rotatable bonds is 6. The van der Waals surface area contributed by atoms with Crippen molar-refractivity contribution in [3.8, 4) is 0 Å². The van der Waals surface area contributed by atoms with Crippen LogP contribution in [0.4, 0.5) is 5.69 Å². The summed E-state index contributed by atoms with van der Waals surface area (Å²) in [6.07, 6.45) is 3.27. The minimum absolute atomic E-state index is 0.130. The first-order valence-electron chi connectivity index (χ1n) is 6.58. The van der Waals surface area contributed by atoms with Crippen molar-refractivity contribution in [3.05, 3.63) is 42.5 Å². The Balaban J connectivity index is 1.85. The molecule has 110 valence electrons. The molecule has 0 unspecified atom stereocenters. The number of nitrogens with zero attached hydrogens (tertiary/aromatic N) is 3. The van der Waals surface area contributed by atoms with Crippen LogP contribution in [0.5, 0.6) is 0 Å². The average molecular weight is 288 g/mol. The predicted molar refractivity (Wildman–Crippen MR) is 75.7 cm³/mol. The first kappa shape index (κ1) is 14.7. The summed E-state index contributed by atoms with van der Waals surface area (Å²) in [5, 5.41) is 6.67. The van der Waals surface area contributed by atoms with E-state index >= 15 is 0 Å². The lowest BCUT2D eigenvalue weighted by molar-refractivity contribution is -0.116. The molecule has 0 aliphatic carbocycles. The van der Waals surface area contributed by atoms with Crippen LogP contribution in [0, 0.1) is 0 Å². The van der Waals surface area contributed by atoms with Gasteiger partial charge in [0, 0.05) is 12.1 Å². The molecule has 0 spiro atoms. The second-order valence-electron chi connectivity index (χ2n) is 4.25. The second-order valence-corrected chi connectivity index (χ2v) is 4.25. The number of ether oxygens (including phenoxy) is 1. The summed E-state index contributed by atoms with van der Waals surface area (Å²) >= 11 is 0. The van der Waals surface area contributed by atoms with Gasteiger partial charge in [0.2, 0.25) is 5.91 Å². The molecule has 0 aliphatic heterocycles. The molecule has 7 heteroatoms. The molecule has 0 aliphatic rings. The smallest absolute Gasteiger partial charge is 0.338 e. The van der Waals surface area contributed by atoms with Crippen LogP contribution in [0.2, 0.25) is 0 Å². The highest BCUT2D eigenvalue weighted by Gasteiger charge is 2.07. The fourth-order valence-corrected chi connectivity index (χ4v) is 1.69. The molecule has 2 rings (SSSR count). The molecule has 2 aromatic rings. The Bertz CT molecular complexity index is 593. The van der Waals surface area contributed by atoms with Crippen LogP contribution in [0.1, 0.15) is 23.7 Å². The molecule has 7 nitrogen and oxygen atoms in total. The number of aryl methyl sites for hydroxylation is 1. The molecular weight excluding hydrogens is 272 g/mol. The summed E-state index contributed by atoms with van der Waals surface area (Å²) in [7, 11) is 0. The molecule has 1 amide bonds. The van der Waals surface area contributed by atoms with Crippen LogP contribution < -0.4 is 5.32 Å². The van der Waals surface area contributed by atoms with E-state index in [4.69, 9.17) is 4.74 Å². The fourth-order valence-electron chi connectivity index (χ4n) is 1.69. The van der Waals surface area contributed by atoms with Crippen molar-refractivity contribution in [2.24, 2.45) is 0 Å². The zero-order valence-electron chi connectivity index (χ0n) is 11.7. The van der Waals surface area contributed by atoms with Crippen LogP contribution in [-0.2, 0) is 16.1 Å². The predicted octanol–water partition coefficient (Wildman–Crippen LogP) is 1.48. The molecule has 0 bridgehead atoms. The van der Waals surface area contributed by atoms with Gasteiger partial charge >= 0.3 is 5.97 Å². The third-order valence-corrected chi connectivity index (χ3v) is 2.71. The van der Waals surface area contributed by atoms with Crippen molar-refractivity contribution in [3.63, 3.8) is 0 Å². The quantitative estimate of drug-likeness (QED) is 0.814. The number of hydrogen-bond acceptors (Lipinski definition) is 5. The third-order valence-electron chi connectivity index (χ3n) is 2.71. The van der Waals surface area contributed by atoms with E-state index in [-0.39, 0.29) is 11.9 Å². The van der Waals surface area contributed by atoms with Crippen LogP contribution >= 0.6 is 0 Å². The van der Waals surface area contributed by atoms with E-state index < -0.39 is 0 Å². The number of amides is 1. The van der Waals surface area contributed by atoms with Gasteiger partial charge in [-0.15, -0.1) is 0 Å². The Labute approximate surface area is 121 Å². The summed E-state index contributed by atoms with van der Waals surface area (Å²) in [6.45, 7) is 2.55. The highest BCUT2D eigenvalue weighted by atomic mass is 16.5. The maximum absolute atomic E-state index is 11.8. The highest BCUT2D eigenvalue weighted by molar-refractivity contribution is 5.93. The van der Waals surface area contributed by atoms with E-state index in [0.29, 0.717) is 30.8 Å². The van der Waals surface area contributed by atoms with E-state index in [0.717, 1.165) is 0 Å². The molecule has 1 N–H and O–H groups in total. The van der Waals surface area contributed by atoms with Gasteiger partial charge in [-0.2, -0.15) is 5.10 Å². The van der Waals surface area contributed by atoms with Crippen LogP contribution in [-0.4, -0.2) is 33.2 Å². The molecule has 1 heterocycles. The molecule has 0 saturated carbocycles. The number of anilines is 1. The van der Waals surface area contributed by atoms with Gasteiger partial charge < -0.3 is 10.1 Å². The van der Waals surface area contributed by atoms with Gasteiger partial charge in [0.15, 0.2) is 0 Å². The molecular formula is C14H16N4O3. The van der Waals surface area contributed by atoms with Crippen molar-refractivity contribution < 1.29 is 14.3 Å². The van der Waals surface area contributed by atoms with Gasteiger partial charge in [-0.25, -0.2) is 9.78 Å². The number of carbonyl (C=O) groups is 2. The summed E-state index contributed by atoms with van der Waals surface area (Å²) in [4.78, 5) is 27.1. The zero-order valence-corrected chi connectivity index (χ0v) is 11.7. The van der Waals surface area contributed by atoms with Gasteiger partial charge in [-0.3, -0.25) is 9.48 Å². The normalized spacial score (nSPS) is 10.1. The summed E-state index contributed by atoms with van der Waals surface area (Å²) < 4.78 is 6.47. The SMILES string of the molecule is CCOC(=O)c1ccc(NC(=O)CCn2cncn2)cc1. The molecule has 1 aromatic carbocycles. The van der Waals surface area contributed by atoms with Crippen molar-refractivity contribution in [1.29, 1.82) is 0 Å². The van der Waals surface area contributed by atoms with Crippen molar-refractivity contribution in [1.82, 2.24) is 14.8 Å². The lowest BCUT2D eigenvalue weighted by atomic mass is 10.2. The second kappa shape index (κ2) is 7.18. The maximum Gasteiger partial charge on any atom is 0.338 e. The van der Waals surface area contributed by atoms with E-state index in [9.17, 15) is 9.59 Å². The Kier molecular flexibility index (Phi) is 5.03. The zero-order chi connectivity index (χ0) is 15.1. The van der Waals surface area contributed by atoms with Gasteiger partial charge in [0.25, 0.3) is 0 Å². The maximum atomic E-state index is 11.8. The van der Waals surface area contributed by atoms with Crippen molar-refractivity contribution in [2.45, 2.75) is 19.9 Å². The van der Waals surface area contributed by atoms with Gasteiger partial charge in [0.1, 0.15) is 12.7 Å². The first-order chi connectivity index (χ1) is 10.2. The number of benzene rings is 1. The molecule has 1 aromatic heterocycles. The number of nitrogens with one attached hydrogen (secondary N) is 1. The first-order valence-corrected chi connectivity index (χ1v) is 6.58. The van der Waals surface area contributed by atoms with E-state index in [1.807, 2.05) is 0 Å². The Morgan fingerprint density at radius 1 is 1.29 bits per heavy atom. The number of carbonyl (C=O) groups excluding carboxylic acids is 2. The number of esters is 1. The summed E-state index contributed by atoms with van der Waals surface area (Å²) in [6, 6.07) is 6.56. The fraction of sp³-hybridized carbons (Fsp3) is 0.286. The molecule has 0 radical (unpaired) electrons. The average Bonchev–Trinajstić information content (AvgIpc) is 2.99. The van der Waals surface area contributed by atoms with Crippen molar-refractivity contribution in [2.75, 3.05) is 11.9 Å². The number of aromatic nitrogens is 3. The molecule has 0 fully saturated rings. The summed E-state index contributed by atoms with van der Waals surface area (Å²) in [5.74, 6) is -0.504. The Hall–Kier alpha value is -2.70. The standard InChI is InChI=1S/C14H16N4O3/c1-2-21-14(20)11-3-5-12(6-4-11)17-13(19)7-8-18-10-15-9-16-18/h3-6,9-10H,2,7-8H2,1H3,(H,17,19).